The van der Waals surface area contributed by atoms with Crippen LogP contribution in [0.2, 0.25) is 0 Å². The summed E-state index contributed by atoms with van der Waals surface area (Å²) in [5, 5.41) is 4.06. The molecule has 1 heterocycles. The van der Waals surface area contributed by atoms with Crippen molar-refractivity contribution in [2.75, 3.05) is 11.4 Å². The number of benzene rings is 1. The second kappa shape index (κ2) is 5.03. The monoisotopic (exact) mass is 260 g/mol. The van der Waals surface area contributed by atoms with Gasteiger partial charge in [0.05, 0.1) is 0 Å². The highest BCUT2D eigenvalue weighted by atomic mass is 19.1. The molecule has 4 heteroatoms. The predicted molar refractivity (Wildman–Crippen MR) is 72.0 cm³/mol. The van der Waals surface area contributed by atoms with Crippen LogP contribution in [-0.4, -0.2) is 11.7 Å². The highest BCUT2D eigenvalue weighted by Crippen LogP contribution is 2.33. The van der Waals surface area contributed by atoms with Gasteiger partial charge in [0.1, 0.15) is 11.6 Å². The Morgan fingerprint density at radius 1 is 1.37 bits per heavy atom. The van der Waals surface area contributed by atoms with Crippen LogP contribution in [-0.2, 0) is 0 Å². The third kappa shape index (κ3) is 2.62. The van der Waals surface area contributed by atoms with Crippen LogP contribution in [0.3, 0.4) is 0 Å². The molecule has 3 nitrogen and oxygen atoms in total. The van der Waals surface area contributed by atoms with Crippen molar-refractivity contribution in [3.8, 4) is 0 Å². The summed E-state index contributed by atoms with van der Waals surface area (Å²) < 4.78 is 18.6. The molecule has 0 bridgehead atoms. The molecule has 0 saturated heterocycles. The third-order valence-electron chi connectivity index (χ3n) is 3.68. The molecule has 0 amide bonds. The molecule has 0 spiro atoms. The number of hydrogen-bond donors (Lipinski definition) is 0. The minimum absolute atomic E-state index is 0.226. The number of anilines is 2. The van der Waals surface area contributed by atoms with E-state index in [1.165, 1.54) is 25.3 Å². The summed E-state index contributed by atoms with van der Waals surface area (Å²) in [6.45, 7) is 2.74. The van der Waals surface area contributed by atoms with Crippen molar-refractivity contribution < 1.29 is 8.91 Å². The average molecular weight is 260 g/mol. The van der Waals surface area contributed by atoms with Crippen molar-refractivity contribution >= 4 is 11.5 Å². The first-order chi connectivity index (χ1) is 9.22. The van der Waals surface area contributed by atoms with E-state index in [0.29, 0.717) is 5.92 Å². The smallest absolute Gasteiger partial charge is 0.176 e. The highest BCUT2D eigenvalue weighted by molar-refractivity contribution is 5.59. The lowest BCUT2D eigenvalue weighted by atomic mass is 9.85. The molecule has 1 saturated carbocycles. The van der Waals surface area contributed by atoms with Crippen LogP contribution >= 0.6 is 0 Å². The van der Waals surface area contributed by atoms with Gasteiger partial charge in [0.15, 0.2) is 5.82 Å². The van der Waals surface area contributed by atoms with E-state index in [2.05, 4.69) is 5.16 Å². The van der Waals surface area contributed by atoms with Crippen LogP contribution in [0.4, 0.5) is 15.9 Å². The number of aryl methyl sites for hydroxylation is 1. The lowest BCUT2D eigenvalue weighted by Gasteiger charge is -2.32. The molecular weight excluding hydrogens is 243 g/mol. The molecule has 0 N–H and O–H groups in total. The lowest BCUT2D eigenvalue weighted by Crippen LogP contribution is -2.29. The van der Waals surface area contributed by atoms with Gasteiger partial charge in [-0.1, -0.05) is 17.6 Å². The van der Waals surface area contributed by atoms with Gasteiger partial charge in [0.2, 0.25) is 0 Å². The van der Waals surface area contributed by atoms with Gasteiger partial charge >= 0.3 is 0 Å². The summed E-state index contributed by atoms with van der Waals surface area (Å²) in [7, 11) is 0. The van der Waals surface area contributed by atoms with Crippen molar-refractivity contribution in [2.24, 2.45) is 5.92 Å². The Hall–Kier alpha value is -1.84. The SMILES string of the molecule is Cc1cc(N(CC2CCC2)c2cccc(F)c2)no1. The quantitative estimate of drug-likeness (QED) is 0.830. The van der Waals surface area contributed by atoms with E-state index in [1.807, 2.05) is 24.0 Å². The number of nitrogens with zero attached hydrogens (tertiary/aromatic N) is 2. The summed E-state index contributed by atoms with van der Waals surface area (Å²) in [4.78, 5) is 2.05. The van der Waals surface area contributed by atoms with Crippen molar-refractivity contribution in [3.63, 3.8) is 0 Å². The fourth-order valence-electron chi connectivity index (χ4n) is 2.39. The summed E-state index contributed by atoms with van der Waals surface area (Å²) in [5.74, 6) is 1.97. The van der Waals surface area contributed by atoms with Gasteiger partial charge in [-0.05, 0) is 43.9 Å². The Morgan fingerprint density at radius 3 is 2.79 bits per heavy atom. The molecule has 1 aliphatic carbocycles. The zero-order valence-corrected chi connectivity index (χ0v) is 11.0. The normalized spacial score (nSPS) is 15.3. The summed E-state index contributed by atoms with van der Waals surface area (Å²) in [6.07, 6.45) is 3.77. The van der Waals surface area contributed by atoms with Crippen molar-refractivity contribution in [1.82, 2.24) is 5.16 Å². The van der Waals surface area contributed by atoms with Crippen LogP contribution < -0.4 is 4.90 Å². The second-order valence-electron chi connectivity index (χ2n) is 5.18. The predicted octanol–water partition coefficient (Wildman–Crippen LogP) is 4.06. The minimum atomic E-state index is -0.226. The fraction of sp³-hybridized carbons (Fsp3) is 0.400. The molecule has 0 unspecified atom stereocenters. The van der Waals surface area contributed by atoms with Crippen LogP contribution in [0.15, 0.2) is 34.9 Å². The van der Waals surface area contributed by atoms with Gasteiger partial charge in [0, 0.05) is 18.3 Å². The van der Waals surface area contributed by atoms with Gasteiger partial charge in [-0.25, -0.2) is 4.39 Å². The van der Waals surface area contributed by atoms with Crippen LogP contribution in [0.25, 0.3) is 0 Å². The Balaban J connectivity index is 1.90. The van der Waals surface area contributed by atoms with E-state index in [4.69, 9.17) is 4.52 Å². The summed E-state index contributed by atoms with van der Waals surface area (Å²) in [5.41, 5.74) is 0.834. The van der Waals surface area contributed by atoms with Gasteiger partial charge in [-0.3, -0.25) is 0 Å². The van der Waals surface area contributed by atoms with Gasteiger partial charge in [-0.15, -0.1) is 0 Å². The first-order valence-corrected chi connectivity index (χ1v) is 6.69. The zero-order valence-electron chi connectivity index (χ0n) is 11.0. The largest absolute Gasteiger partial charge is 0.360 e. The Labute approximate surface area is 112 Å². The van der Waals surface area contributed by atoms with Gasteiger partial charge in [-0.2, -0.15) is 0 Å². The maximum absolute atomic E-state index is 13.4. The molecule has 0 aliphatic heterocycles. The number of aromatic nitrogens is 1. The molecule has 100 valence electrons. The molecule has 0 radical (unpaired) electrons. The zero-order chi connectivity index (χ0) is 13.2. The first kappa shape index (κ1) is 12.2. The van der Waals surface area contributed by atoms with Crippen molar-refractivity contribution in [2.45, 2.75) is 26.2 Å². The van der Waals surface area contributed by atoms with Gasteiger partial charge < -0.3 is 9.42 Å². The van der Waals surface area contributed by atoms with E-state index in [9.17, 15) is 4.39 Å². The number of hydrogen-bond acceptors (Lipinski definition) is 3. The molecule has 1 fully saturated rings. The average Bonchev–Trinajstić information content (AvgIpc) is 2.74. The Kier molecular flexibility index (Phi) is 3.23. The first-order valence-electron chi connectivity index (χ1n) is 6.69. The minimum Gasteiger partial charge on any atom is -0.360 e. The fourth-order valence-corrected chi connectivity index (χ4v) is 2.39. The Bertz CT molecular complexity index is 563. The van der Waals surface area contributed by atoms with E-state index in [0.717, 1.165) is 23.8 Å². The van der Waals surface area contributed by atoms with E-state index < -0.39 is 0 Å². The van der Waals surface area contributed by atoms with Crippen LogP contribution in [0.5, 0.6) is 0 Å². The molecule has 0 atom stereocenters. The van der Waals surface area contributed by atoms with Crippen LogP contribution in [0.1, 0.15) is 25.0 Å². The molecule has 1 aromatic heterocycles. The molecule has 3 rings (SSSR count). The Morgan fingerprint density at radius 2 is 2.21 bits per heavy atom. The van der Waals surface area contributed by atoms with Crippen LogP contribution in [0, 0.1) is 18.7 Å². The van der Waals surface area contributed by atoms with Crippen molar-refractivity contribution in [3.05, 3.63) is 41.9 Å². The highest BCUT2D eigenvalue weighted by Gasteiger charge is 2.23. The van der Waals surface area contributed by atoms with E-state index >= 15 is 0 Å². The molecular formula is C15H17FN2O. The standard InChI is InChI=1S/C15H17FN2O/c1-11-8-15(17-19-11)18(10-12-4-2-5-12)14-7-3-6-13(16)9-14/h3,6-9,12H,2,4-5,10H2,1H3. The molecule has 1 aliphatic rings. The lowest BCUT2D eigenvalue weighted by molar-refractivity contribution is 0.322. The second-order valence-corrected chi connectivity index (χ2v) is 5.18. The van der Waals surface area contributed by atoms with E-state index in [-0.39, 0.29) is 5.82 Å². The number of rotatable bonds is 4. The summed E-state index contributed by atoms with van der Waals surface area (Å²) >= 11 is 0. The maximum Gasteiger partial charge on any atom is 0.176 e. The van der Waals surface area contributed by atoms with Gasteiger partial charge in [0.25, 0.3) is 0 Å². The topological polar surface area (TPSA) is 29.3 Å². The summed E-state index contributed by atoms with van der Waals surface area (Å²) in [6, 6.07) is 8.53. The number of halogens is 1. The molecule has 19 heavy (non-hydrogen) atoms. The van der Waals surface area contributed by atoms with Crippen molar-refractivity contribution in [1.29, 1.82) is 0 Å². The molecule has 1 aromatic carbocycles. The van der Waals surface area contributed by atoms with E-state index in [1.54, 1.807) is 12.1 Å². The third-order valence-corrected chi connectivity index (χ3v) is 3.68. The molecule has 2 aromatic rings. The maximum atomic E-state index is 13.4.